The number of nitrogens with two attached hydrogens (primary N) is 1. The molecule has 0 aromatic carbocycles. The Kier molecular flexibility index (Phi) is 1.55. The fourth-order valence-corrected chi connectivity index (χ4v) is 0.977. The molecule has 0 bridgehead atoms. The van der Waals surface area contributed by atoms with Gasteiger partial charge in [0.25, 0.3) is 0 Å². The Labute approximate surface area is 72.4 Å². The highest BCUT2D eigenvalue weighted by Crippen LogP contribution is 2.13. The number of urea groups is 1. The number of aromatic nitrogens is 4. The van der Waals surface area contributed by atoms with E-state index in [2.05, 4.69) is 25.3 Å². The van der Waals surface area contributed by atoms with Crippen LogP contribution < -0.4 is 11.1 Å². The van der Waals surface area contributed by atoms with Gasteiger partial charge in [0.1, 0.15) is 11.8 Å². The highest BCUT2D eigenvalue weighted by atomic mass is 16.2. The minimum Gasteiger partial charge on any atom is -0.351 e. The quantitative estimate of drug-likeness (QED) is 0.563. The molecule has 0 saturated carbocycles. The van der Waals surface area contributed by atoms with E-state index < -0.39 is 6.03 Å². The molecule has 0 aliphatic rings. The highest BCUT2D eigenvalue weighted by Gasteiger charge is 2.05. The third-order valence-corrected chi connectivity index (χ3v) is 1.46. The second kappa shape index (κ2) is 2.70. The molecule has 0 atom stereocenters. The van der Waals surface area contributed by atoms with Crippen LogP contribution in [0.3, 0.4) is 0 Å². The zero-order valence-corrected chi connectivity index (χ0v) is 6.48. The summed E-state index contributed by atoms with van der Waals surface area (Å²) in [6.07, 6.45) is 2.76. The zero-order chi connectivity index (χ0) is 9.26. The number of anilines is 1. The van der Waals surface area contributed by atoms with Gasteiger partial charge in [-0.05, 0) is 0 Å². The van der Waals surface area contributed by atoms with Crippen LogP contribution in [-0.2, 0) is 0 Å². The maximum atomic E-state index is 10.6. The van der Waals surface area contributed by atoms with Crippen LogP contribution in [0, 0.1) is 0 Å². The second-order valence-electron chi connectivity index (χ2n) is 2.31. The summed E-state index contributed by atoms with van der Waals surface area (Å²) >= 11 is 0. The van der Waals surface area contributed by atoms with Crippen LogP contribution in [0.5, 0.6) is 0 Å². The van der Waals surface area contributed by atoms with E-state index in [1.54, 1.807) is 0 Å². The van der Waals surface area contributed by atoms with Crippen LogP contribution >= 0.6 is 0 Å². The smallest absolute Gasteiger partial charge is 0.317 e. The summed E-state index contributed by atoms with van der Waals surface area (Å²) in [5.74, 6) is 0.329. The molecule has 2 rings (SSSR count). The number of fused-ring (bicyclic) bond motifs is 1. The minimum absolute atomic E-state index is 0.329. The number of amides is 2. The van der Waals surface area contributed by atoms with Gasteiger partial charge in [0.2, 0.25) is 0 Å². The molecule has 2 aromatic rings. The number of nitrogens with zero attached hydrogens (tertiary/aromatic N) is 3. The van der Waals surface area contributed by atoms with Crippen molar-refractivity contribution < 1.29 is 4.79 Å². The molecular weight excluding hydrogens is 172 g/mol. The lowest BCUT2D eigenvalue weighted by Crippen LogP contribution is -2.20. The average molecular weight is 178 g/mol. The van der Waals surface area contributed by atoms with Crippen molar-refractivity contribution in [2.45, 2.75) is 0 Å². The lowest BCUT2D eigenvalue weighted by atomic mass is 10.5. The summed E-state index contributed by atoms with van der Waals surface area (Å²) < 4.78 is 0. The van der Waals surface area contributed by atoms with Gasteiger partial charge in [0.05, 0.1) is 6.33 Å². The number of aromatic amines is 1. The van der Waals surface area contributed by atoms with Gasteiger partial charge < -0.3 is 10.7 Å². The Balaban J connectivity index is 2.54. The lowest BCUT2D eigenvalue weighted by molar-refractivity contribution is 0.259. The molecule has 66 valence electrons. The van der Waals surface area contributed by atoms with Crippen molar-refractivity contribution in [3.63, 3.8) is 0 Å². The van der Waals surface area contributed by atoms with E-state index in [1.807, 2.05) is 0 Å². The van der Waals surface area contributed by atoms with E-state index >= 15 is 0 Å². The molecule has 0 spiro atoms. The summed E-state index contributed by atoms with van der Waals surface area (Å²) in [5, 5.41) is 2.35. The van der Waals surface area contributed by atoms with Gasteiger partial charge in [0, 0.05) is 0 Å². The Morgan fingerprint density at radius 3 is 3.08 bits per heavy atom. The Morgan fingerprint density at radius 1 is 1.46 bits per heavy atom. The van der Waals surface area contributed by atoms with Crippen LogP contribution in [0.2, 0.25) is 0 Å². The van der Waals surface area contributed by atoms with Crippen LogP contribution in [0.15, 0.2) is 12.7 Å². The number of nitrogens with one attached hydrogen (secondary N) is 2. The van der Waals surface area contributed by atoms with Crippen molar-refractivity contribution in [2.24, 2.45) is 5.73 Å². The van der Waals surface area contributed by atoms with Crippen LogP contribution in [0.1, 0.15) is 0 Å². The second-order valence-corrected chi connectivity index (χ2v) is 2.31. The normalized spacial score (nSPS) is 10.2. The van der Waals surface area contributed by atoms with Crippen LogP contribution in [0.4, 0.5) is 10.6 Å². The lowest BCUT2D eigenvalue weighted by Gasteiger charge is -1.99. The summed E-state index contributed by atoms with van der Waals surface area (Å²) in [6.45, 7) is 0. The van der Waals surface area contributed by atoms with E-state index in [-0.39, 0.29) is 0 Å². The van der Waals surface area contributed by atoms with Gasteiger partial charge >= 0.3 is 6.03 Å². The molecule has 0 saturated heterocycles. The molecule has 0 aliphatic heterocycles. The van der Waals surface area contributed by atoms with Crippen molar-refractivity contribution in [1.82, 2.24) is 19.9 Å². The first-order chi connectivity index (χ1) is 6.27. The topological polar surface area (TPSA) is 110 Å². The third kappa shape index (κ3) is 1.26. The van der Waals surface area contributed by atoms with Gasteiger partial charge in [-0.15, -0.1) is 0 Å². The molecule has 7 heteroatoms. The van der Waals surface area contributed by atoms with Crippen LogP contribution in [0.25, 0.3) is 11.2 Å². The molecule has 7 nitrogen and oxygen atoms in total. The molecule has 13 heavy (non-hydrogen) atoms. The fourth-order valence-electron chi connectivity index (χ4n) is 0.977. The SMILES string of the molecule is NC(=O)Nc1ncnc2nc[nH]c12. The molecule has 2 aromatic heterocycles. The Hall–Kier alpha value is -2.18. The molecule has 2 amide bonds. The minimum atomic E-state index is -0.672. The third-order valence-electron chi connectivity index (χ3n) is 1.46. The maximum absolute atomic E-state index is 10.6. The number of primary amides is 1. The first-order valence-corrected chi connectivity index (χ1v) is 3.48. The van der Waals surface area contributed by atoms with Crippen molar-refractivity contribution in [3.8, 4) is 0 Å². The number of H-pyrrole nitrogens is 1. The first kappa shape index (κ1) is 7.47. The van der Waals surface area contributed by atoms with Gasteiger partial charge in [0.15, 0.2) is 11.5 Å². The predicted octanol–water partition coefficient (Wildman–Crippen LogP) is -0.157. The summed E-state index contributed by atoms with van der Waals surface area (Å²) in [7, 11) is 0. The molecule has 0 unspecified atom stereocenters. The number of carbonyl (C=O) groups excluding carboxylic acids is 1. The summed E-state index contributed by atoms with van der Waals surface area (Å²) in [5.41, 5.74) is 5.98. The monoisotopic (exact) mass is 178 g/mol. The molecule has 0 fully saturated rings. The number of hydrogen-bond donors (Lipinski definition) is 3. The van der Waals surface area contributed by atoms with Crippen molar-refractivity contribution >= 4 is 23.0 Å². The van der Waals surface area contributed by atoms with Crippen LogP contribution in [-0.4, -0.2) is 26.0 Å². The van der Waals surface area contributed by atoms with E-state index in [1.165, 1.54) is 12.7 Å². The van der Waals surface area contributed by atoms with E-state index in [0.717, 1.165) is 0 Å². The molecule has 4 N–H and O–H groups in total. The molecule has 0 aliphatic carbocycles. The maximum Gasteiger partial charge on any atom is 0.317 e. The fraction of sp³-hybridized carbons (Fsp3) is 0. The van der Waals surface area contributed by atoms with Gasteiger partial charge in [-0.25, -0.2) is 19.7 Å². The molecular formula is C6H6N6O. The first-order valence-electron chi connectivity index (χ1n) is 3.48. The molecule has 0 radical (unpaired) electrons. The highest BCUT2D eigenvalue weighted by molar-refractivity contribution is 5.94. The largest absolute Gasteiger partial charge is 0.351 e. The van der Waals surface area contributed by atoms with Gasteiger partial charge in [-0.2, -0.15) is 0 Å². The Bertz CT molecular complexity index is 449. The predicted molar refractivity (Wildman–Crippen MR) is 44.9 cm³/mol. The number of hydrogen-bond acceptors (Lipinski definition) is 4. The Morgan fingerprint density at radius 2 is 2.31 bits per heavy atom. The number of rotatable bonds is 1. The summed E-state index contributed by atoms with van der Waals surface area (Å²) in [6, 6.07) is -0.672. The number of carbonyl (C=O) groups is 1. The van der Waals surface area contributed by atoms with Crippen molar-refractivity contribution in [2.75, 3.05) is 5.32 Å². The standard InChI is InChI=1S/C6H6N6O/c7-6(13)12-5-3-4(9-1-8-3)10-2-11-5/h1-2H,(H4,7,8,9,10,11,12,13). The summed E-state index contributed by atoms with van der Waals surface area (Å²) in [4.78, 5) is 24.9. The van der Waals surface area contributed by atoms with Crippen molar-refractivity contribution in [1.29, 1.82) is 0 Å². The van der Waals surface area contributed by atoms with Gasteiger partial charge in [-0.3, -0.25) is 5.32 Å². The van der Waals surface area contributed by atoms with Gasteiger partial charge in [-0.1, -0.05) is 0 Å². The van der Waals surface area contributed by atoms with Crippen molar-refractivity contribution in [3.05, 3.63) is 12.7 Å². The van der Waals surface area contributed by atoms with E-state index in [4.69, 9.17) is 5.73 Å². The molecule has 2 heterocycles. The average Bonchev–Trinajstić information content (AvgIpc) is 2.51. The number of imidazole rings is 1. The zero-order valence-electron chi connectivity index (χ0n) is 6.48. The van der Waals surface area contributed by atoms with E-state index in [9.17, 15) is 4.79 Å². The van der Waals surface area contributed by atoms with E-state index in [0.29, 0.717) is 17.0 Å².